The summed E-state index contributed by atoms with van der Waals surface area (Å²) in [5, 5.41) is 0. The summed E-state index contributed by atoms with van der Waals surface area (Å²) in [6.07, 6.45) is 3.28. The normalized spacial score (nSPS) is 15.6. The maximum atomic E-state index is 11.9. The van der Waals surface area contributed by atoms with Crippen molar-refractivity contribution < 1.29 is 9.53 Å². The molecule has 0 aromatic heterocycles. The van der Waals surface area contributed by atoms with Crippen LogP contribution in [0.3, 0.4) is 0 Å². The first-order chi connectivity index (χ1) is 9.77. The van der Waals surface area contributed by atoms with Crippen LogP contribution in [-0.4, -0.2) is 12.6 Å². The van der Waals surface area contributed by atoms with Crippen molar-refractivity contribution >= 4 is 5.97 Å². The number of hydrogen-bond donors (Lipinski definition) is 0. The fourth-order valence-electron chi connectivity index (χ4n) is 2.45. The van der Waals surface area contributed by atoms with Gasteiger partial charge in [0.25, 0.3) is 0 Å². The first-order valence-electron chi connectivity index (χ1n) is 7.04. The molecule has 2 aromatic rings. The van der Waals surface area contributed by atoms with Crippen LogP contribution in [-0.2, 0) is 11.2 Å². The molecule has 0 aliphatic heterocycles. The van der Waals surface area contributed by atoms with Crippen LogP contribution >= 0.6 is 0 Å². The third-order valence-electron chi connectivity index (χ3n) is 3.90. The second kappa shape index (κ2) is 5.49. The number of rotatable bonds is 5. The van der Waals surface area contributed by atoms with Crippen LogP contribution in [0.4, 0.5) is 0 Å². The van der Waals surface area contributed by atoms with Crippen LogP contribution < -0.4 is 0 Å². The molecule has 1 fully saturated rings. The van der Waals surface area contributed by atoms with Crippen molar-refractivity contribution in [1.82, 2.24) is 0 Å². The SMILES string of the molecule is O=C(OCC1(Cc2ccccc2)CC1)c1ccccc1. The summed E-state index contributed by atoms with van der Waals surface area (Å²) in [5.74, 6) is -0.218. The molecule has 0 unspecified atom stereocenters. The summed E-state index contributed by atoms with van der Waals surface area (Å²) in [7, 11) is 0. The zero-order chi connectivity index (χ0) is 13.8. The molecular weight excluding hydrogens is 248 g/mol. The minimum Gasteiger partial charge on any atom is -0.461 e. The van der Waals surface area contributed by atoms with Crippen LogP contribution in [0.2, 0.25) is 0 Å². The summed E-state index contributed by atoms with van der Waals surface area (Å²) >= 11 is 0. The maximum absolute atomic E-state index is 11.9. The van der Waals surface area contributed by atoms with Gasteiger partial charge in [0, 0.05) is 5.41 Å². The Bertz CT molecular complexity index is 571. The molecule has 0 spiro atoms. The number of carbonyl (C=O) groups excluding carboxylic acids is 1. The number of benzene rings is 2. The molecule has 3 rings (SSSR count). The van der Waals surface area contributed by atoms with Crippen LogP contribution in [0.15, 0.2) is 60.7 Å². The molecule has 0 heterocycles. The summed E-state index contributed by atoms with van der Waals surface area (Å²) in [4.78, 5) is 11.9. The first kappa shape index (κ1) is 12.9. The molecule has 2 nitrogen and oxygen atoms in total. The molecule has 1 saturated carbocycles. The predicted octanol–water partition coefficient (Wildman–Crippen LogP) is 3.87. The number of hydrogen-bond acceptors (Lipinski definition) is 2. The van der Waals surface area contributed by atoms with Crippen LogP contribution in [0, 0.1) is 5.41 Å². The molecule has 2 heteroatoms. The lowest BCUT2D eigenvalue weighted by atomic mass is 9.97. The van der Waals surface area contributed by atoms with Gasteiger partial charge in [0.1, 0.15) is 0 Å². The van der Waals surface area contributed by atoms with Gasteiger partial charge < -0.3 is 4.74 Å². The topological polar surface area (TPSA) is 26.3 Å². The first-order valence-corrected chi connectivity index (χ1v) is 7.04. The largest absolute Gasteiger partial charge is 0.461 e. The van der Waals surface area contributed by atoms with E-state index in [0.29, 0.717) is 12.2 Å². The molecule has 0 radical (unpaired) electrons. The van der Waals surface area contributed by atoms with Crippen molar-refractivity contribution in [2.45, 2.75) is 19.3 Å². The van der Waals surface area contributed by atoms with Crippen LogP contribution in [0.25, 0.3) is 0 Å². The Balaban J connectivity index is 1.57. The second-order valence-corrected chi connectivity index (χ2v) is 5.60. The highest BCUT2D eigenvalue weighted by atomic mass is 16.5. The quantitative estimate of drug-likeness (QED) is 0.768. The Morgan fingerprint density at radius 2 is 1.55 bits per heavy atom. The molecule has 1 aliphatic carbocycles. The van der Waals surface area contributed by atoms with Gasteiger partial charge in [0.05, 0.1) is 12.2 Å². The van der Waals surface area contributed by atoms with Crippen LogP contribution in [0.1, 0.15) is 28.8 Å². The molecule has 1 aliphatic rings. The third-order valence-corrected chi connectivity index (χ3v) is 3.90. The van der Waals surface area contributed by atoms with Crippen molar-refractivity contribution in [1.29, 1.82) is 0 Å². The van der Waals surface area contributed by atoms with Crippen molar-refractivity contribution in [2.75, 3.05) is 6.61 Å². The van der Waals surface area contributed by atoms with Gasteiger partial charge >= 0.3 is 5.97 Å². The highest BCUT2D eigenvalue weighted by Gasteiger charge is 2.43. The third kappa shape index (κ3) is 3.08. The van der Waals surface area contributed by atoms with Crippen molar-refractivity contribution in [3.05, 3.63) is 71.8 Å². The maximum Gasteiger partial charge on any atom is 0.338 e. The standard InChI is InChI=1S/C18H18O2/c19-17(16-9-5-2-6-10-16)20-14-18(11-12-18)13-15-7-3-1-4-8-15/h1-10H,11-14H2. The molecule has 0 atom stereocenters. The summed E-state index contributed by atoms with van der Waals surface area (Å²) < 4.78 is 5.49. The fraction of sp³-hybridized carbons (Fsp3) is 0.278. The molecule has 0 amide bonds. The van der Waals surface area contributed by atoms with E-state index in [1.807, 2.05) is 24.3 Å². The van der Waals surface area contributed by atoms with Gasteiger partial charge in [-0.05, 0) is 37.0 Å². The van der Waals surface area contributed by atoms with E-state index in [0.717, 1.165) is 19.3 Å². The molecule has 0 saturated heterocycles. The van der Waals surface area contributed by atoms with Crippen molar-refractivity contribution in [2.24, 2.45) is 5.41 Å². The monoisotopic (exact) mass is 266 g/mol. The Hall–Kier alpha value is -2.09. The van der Waals surface area contributed by atoms with Gasteiger partial charge in [0.15, 0.2) is 0 Å². The molecule has 0 bridgehead atoms. The Morgan fingerprint density at radius 3 is 2.15 bits per heavy atom. The summed E-state index contributed by atoms with van der Waals surface area (Å²) in [5.41, 5.74) is 2.12. The number of carbonyl (C=O) groups is 1. The van der Waals surface area contributed by atoms with Gasteiger partial charge in [-0.3, -0.25) is 0 Å². The van der Waals surface area contributed by atoms with Gasteiger partial charge in [-0.1, -0.05) is 48.5 Å². The van der Waals surface area contributed by atoms with E-state index in [-0.39, 0.29) is 11.4 Å². The highest BCUT2D eigenvalue weighted by molar-refractivity contribution is 5.89. The van der Waals surface area contributed by atoms with Gasteiger partial charge in [-0.2, -0.15) is 0 Å². The zero-order valence-corrected chi connectivity index (χ0v) is 11.4. The average molecular weight is 266 g/mol. The predicted molar refractivity (Wildman–Crippen MR) is 78.5 cm³/mol. The Labute approximate surface area is 119 Å². The lowest BCUT2D eigenvalue weighted by molar-refractivity contribution is 0.0416. The highest BCUT2D eigenvalue weighted by Crippen LogP contribution is 2.48. The Kier molecular flexibility index (Phi) is 3.55. The zero-order valence-electron chi connectivity index (χ0n) is 11.4. The van der Waals surface area contributed by atoms with E-state index >= 15 is 0 Å². The Morgan fingerprint density at radius 1 is 0.950 bits per heavy atom. The van der Waals surface area contributed by atoms with E-state index in [1.54, 1.807) is 12.1 Å². The van der Waals surface area contributed by atoms with Gasteiger partial charge in [-0.25, -0.2) is 4.79 Å². The lowest BCUT2D eigenvalue weighted by Gasteiger charge is -2.15. The van der Waals surface area contributed by atoms with Crippen LogP contribution in [0.5, 0.6) is 0 Å². The number of ether oxygens (including phenoxy) is 1. The molecule has 20 heavy (non-hydrogen) atoms. The summed E-state index contributed by atoms with van der Waals surface area (Å²) in [6, 6.07) is 19.6. The number of esters is 1. The fourth-order valence-corrected chi connectivity index (χ4v) is 2.45. The molecule has 0 N–H and O–H groups in total. The van der Waals surface area contributed by atoms with Gasteiger partial charge in [0.2, 0.25) is 0 Å². The van der Waals surface area contributed by atoms with E-state index < -0.39 is 0 Å². The van der Waals surface area contributed by atoms with E-state index in [1.165, 1.54) is 5.56 Å². The second-order valence-electron chi connectivity index (χ2n) is 5.60. The van der Waals surface area contributed by atoms with E-state index in [4.69, 9.17) is 4.74 Å². The minimum atomic E-state index is -0.218. The van der Waals surface area contributed by atoms with E-state index in [2.05, 4.69) is 24.3 Å². The molecular formula is C18H18O2. The average Bonchev–Trinajstić information content (AvgIpc) is 3.27. The smallest absolute Gasteiger partial charge is 0.338 e. The van der Waals surface area contributed by atoms with E-state index in [9.17, 15) is 4.79 Å². The lowest BCUT2D eigenvalue weighted by Crippen LogP contribution is -2.17. The summed E-state index contributed by atoms with van der Waals surface area (Å²) in [6.45, 7) is 0.523. The molecule has 2 aromatic carbocycles. The minimum absolute atomic E-state index is 0.172. The van der Waals surface area contributed by atoms with Crippen molar-refractivity contribution in [3.8, 4) is 0 Å². The van der Waals surface area contributed by atoms with Gasteiger partial charge in [-0.15, -0.1) is 0 Å². The van der Waals surface area contributed by atoms with Crippen molar-refractivity contribution in [3.63, 3.8) is 0 Å². The molecule has 102 valence electrons.